The molecule has 0 aliphatic heterocycles. The van der Waals surface area contributed by atoms with E-state index in [1.165, 1.54) is 36.4 Å². The van der Waals surface area contributed by atoms with Crippen LogP contribution in [0.25, 0.3) is 27.8 Å². The highest BCUT2D eigenvalue weighted by atomic mass is 19.3. The Kier molecular flexibility index (Phi) is 18.1. The van der Waals surface area contributed by atoms with Crippen molar-refractivity contribution >= 4 is 17.5 Å². The van der Waals surface area contributed by atoms with Crippen LogP contribution < -0.4 is 18.9 Å². The number of rotatable bonds is 23. The van der Waals surface area contributed by atoms with Crippen LogP contribution in [0.3, 0.4) is 0 Å². The molecule has 0 fully saturated rings. The van der Waals surface area contributed by atoms with Gasteiger partial charge in [-0.15, -0.1) is 0 Å². The number of carbonyl (C=O) groups excluding carboxylic acids is 2. The fraction of sp³-hybridized carbons (Fsp3) is 0.245. The van der Waals surface area contributed by atoms with Crippen molar-refractivity contribution in [2.45, 2.75) is 51.0 Å². The number of alkyl halides is 5. The molecule has 0 N–H and O–H groups in total. The summed E-state index contributed by atoms with van der Waals surface area (Å²) in [7, 11) is 0. The average molecular weight is 1070 g/mol. The number of hydrogen-bond donors (Lipinski definition) is 0. The van der Waals surface area contributed by atoms with E-state index < -0.39 is 117 Å². The number of halogens is 14. The first-order valence-corrected chi connectivity index (χ1v) is 22.3. The van der Waals surface area contributed by atoms with Crippen molar-refractivity contribution in [1.82, 2.24) is 0 Å². The molecule has 5 aromatic rings. The number of esters is 2. The molecule has 1 aliphatic rings. The maximum absolute atomic E-state index is 16.2. The monoisotopic (exact) mass is 1070 g/mol. The molecule has 0 heterocycles. The highest BCUT2D eigenvalue weighted by molar-refractivity contribution is 5.85. The lowest BCUT2D eigenvalue weighted by molar-refractivity contribution is -0.189. The topological polar surface area (TPSA) is 89.5 Å². The van der Waals surface area contributed by atoms with Gasteiger partial charge in [-0.3, -0.25) is 0 Å². The molecule has 22 heteroatoms. The van der Waals surface area contributed by atoms with E-state index in [4.69, 9.17) is 18.9 Å². The summed E-state index contributed by atoms with van der Waals surface area (Å²) in [6.07, 6.45) is -9.26. The zero-order chi connectivity index (χ0) is 54.9. The molecule has 0 spiro atoms. The summed E-state index contributed by atoms with van der Waals surface area (Å²) in [6, 6.07) is 8.77. The number of ether oxygens (including phenoxy) is 6. The van der Waals surface area contributed by atoms with Crippen molar-refractivity contribution in [1.29, 1.82) is 0 Å². The molecule has 0 saturated carbocycles. The summed E-state index contributed by atoms with van der Waals surface area (Å²) >= 11 is 0. The van der Waals surface area contributed by atoms with Gasteiger partial charge in [0, 0.05) is 53.5 Å². The first-order chi connectivity index (χ1) is 35.5. The summed E-state index contributed by atoms with van der Waals surface area (Å²) in [6.45, 7) is 7.44. The molecule has 5 aromatic carbocycles. The summed E-state index contributed by atoms with van der Waals surface area (Å²) in [5.41, 5.74) is -4.70. The third-order valence-electron chi connectivity index (χ3n) is 11.1. The zero-order valence-corrected chi connectivity index (χ0v) is 38.9. The van der Waals surface area contributed by atoms with E-state index >= 15 is 35.1 Å². The van der Waals surface area contributed by atoms with Crippen LogP contribution in [0.15, 0.2) is 116 Å². The average Bonchev–Trinajstić information content (AvgIpc) is 3.34. The van der Waals surface area contributed by atoms with Gasteiger partial charge >= 0.3 is 24.2 Å². The Bertz CT molecular complexity index is 2980. The number of hydrogen-bond acceptors (Lipinski definition) is 8. The predicted molar refractivity (Wildman–Crippen MR) is 242 cm³/mol. The summed E-state index contributed by atoms with van der Waals surface area (Å²) in [5.74, 6) is -23.2. The van der Waals surface area contributed by atoms with Crippen LogP contribution in [-0.2, 0) is 25.2 Å². The van der Waals surface area contributed by atoms with E-state index in [2.05, 4.69) is 22.6 Å². The maximum Gasteiger partial charge on any atom is 0.432 e. The summed E-state index contributed by atoms with van der Waals surface area (Å²) in [5, 5.41) is 0. The van der Waals surface area contributed by atoms with Crippen molar-refractivity contribution in [3.05, 3.63) is 173 Å². The molecule has 0 saturated heterocycles. The molecule has 0 amide bonds. The molecule has 0 aromatic heterocycles. The Morgan fingerprint density at radius 3 is 1.41 bits per heavy atom. The van der Waals surface area contributed by atoms with Gasteiger partial charge in [0.25, 0.3) is 0 Å². The Hall–Kier alpha value is -7.78. The molecule has 0 radical (unpaired) electrons. The maximum atomic E-state index is 16.2. The molecular formula is C53H40F14O8. The molecular weight excluding hydrogens is 1030 g/mol. The van der Waals surface area contributed by atoms with Crippen molar-refractivity contribution < 1.29 is 99.5 Å². The van der Waals surface area contributed by atoms with Gasteiger partial charge in [0.05, 0.1) is 26.4 Å². The molecule has 398 valence electrons. The van der Waals surface area contributed by atoms with E-state index in [1.807, 2.05) is 0 Å². The minimum Gasteiger partial charge on any atom is -0.493 e. The lowest BCUT2D eigenvalue weighted by atomic mass is 9.81. The van der Waals surface area contributed by atoms with Crippen LogP contribution in [0.2, 0.25) is 0 Å². The molecule has 2 unspecified atom stereocenters. The summed E-state index contributed by atoms with van der Waals surface area (Å²) in [4.78, 5) is 23.1. The van der Waals surface area contributed by atoms with Gasteiger partial charge in [0.1, 0.15) is 57.8 Å². The highest BCUT2D eigenvalue weighted by Crippen LogP contribution is 2.48. The molecule has 8 nitrogen and oxygen atoms in total. The zero-order valence-electron chi connectivity index (χ0n) is 38.9. The van der Waals surface area contributed by atoms with Gasteiger partial charge in [-0.1, -0.05) is 32.2 Å². The van der Waals surface area contributed by atoms with Crippen molar-refractivity contribution in [3.63, 3.8) is 0 Å². The highest BCUT2D eigenvalue weighted by Gasteiger charge is 2.49. The van der Waals surface area contributed by atoms with Crippen LogP contribution in [0.4, 0.5) is 61.5 Å². The van der Waals surface area contributed by atoms with Crippen LogP contribution in [-0.4, -0.2) is 50.6 Å². The van der Waals surface area contributed by atoms with E-state index in [9.17, 15) is 35.9 Å². The van der Waals surface area contributed by atoms with Gasteiger partial charge in [-0.2, -0.15) is 17.6 Å². The first kappa shape index (κ1) is 56.5. The van der Waals surface area contributed by atoms with Crippen LogP contribution in [0.1, 0.15) is 43.7 Å². The van der Waals surface area contributed by atoms with Gasteiger partial charge in [-0.25, -0.2) is 53.5 Å². The minimum absolute atomic E-state index is 0.00229. The Morgan fingerprint density at radius 2 is 0.960 bits per heavy atom. The molecule has 2 atom stereocenters. The van der Waals surface area contributed by atoms with E-state index in [0.29, 0.717) is 18.2 Å². The predicted octanol–water partition coefficient (Wildman–Crippen LogP) is 14.3. The van der Waals surface area contributed by atoms with Crippen LogP contribution >= 0.6 is 0 Å². The van der Waals surface area contributed by atoms with E-state index in [-0.39, 0.29) is 116 Å². The Morgan fingerprint density at radius 1 is 0.547 bits per heavy atom. The minimum atomic E-state index is -4.94. The van der Waals surface area contributed by atoms with Gasteiger partial charge in [0.15, 0.2) is 34.9 Å². The normalized spacial score (nSPS) is 14.7. The van der Waals surface area contributed by atoms with Gasteiger partial charge in [-0.05, 0) is 90.4 Å². The molecule has 1 aliphatic carbocycles. The Labute approximate surface area is 418 Å². The second-order valence-corrected chi connectivity index (χ2v) is 16.3. The van der Waals surface area contributed by atoms with Crippen LogP contribution in [0.5, 0.6) is 23.0 Å². The molecule has 0 bridgehead atoms. The quantitative estimate of drug-likeness (QED) is 0.0210. The second kappa shape index (κ2) is 24.1. The lowest BCUT2D eigenvalue weighted by Crippen LogP contribution is -2.37. The largest absolute Gasteiger partial charge is 0.493 e. The van der Waals surface area contributed by atoms with E-state index in [1.54, 1.807) is 0 Å². The Balaban J connectivity index is 1.44. The fourth-order valence-electron chi connectivity index (χ4n) is 7.46. The third kappa shape index (κ3) is 13.5. The van der Waals surface area contributed by atoms with Crippen molar-refractivity contribution in [2.75, 3.05) is 26.4 Å². The number of benzene rings is 5. The standard InChI is InChI=1S/C53H40F14O8/c1-4-45(68)72-16-8-6-14-70-43-12-10-28(30-20-36(54)47(37(55)21-30)52(64,65)74-31-22-39(57)50(62)40(58)23-31)18-34(43)35-19-29(11-13-44(35)71-15-7-9-17-73-46(69)5-2)33-26-38(56)48(49(61)27(33)3)53(66,67)75-32-24-41(59)51(63)42(60)25-32/h4-5,10-13,18-27,49H,1-2,6-9,14-17H2,3H3. The number of carbonyl (C=O) groups is 2. The van der Waals surface area contributed by atoms with Crippen molar-refractivity contribution in [3.8, 4) is 45.3 Å². The molecule has 6 rings (SSSR count). The fourth-order valence-corrected chi connectivity index (χ4v) is 7.46. The first-order valence-electron chi connectivity index (χ1n) is 22.3. The lowest BCUT2D eigenvalue weighted by Gasteiger charge is -2.31. The van der Waals surface area contributed by atoms with Gasteiger partial charge in [0.2, 0.25) is 0 Å². The SMILES string of the molecule is C=CC(=O)OCCCCOc1ccc(C2=CC(F)=C(C(F)(F)Oc3cc(F)c(F)c(F)c3)C(F)C2C)cc1-c1cc(-c2cc(F)c(C(F)(F)Oc3cc(F)c(F)c(F)c3)c(F)c2)ccc1OCCCCOC(=O)C=C. The van der Waals surface area contributed by atoms with Crippen LogP contribution in [0, 0.1) is 52.5 Å². The molecule has 75 heavy (non-hydrogen) atoms. The summed E-state index contributed by atoms with van der Waals surface area (Å²) < 4.78 is 238. The van der Waals surface area contributed by atoms with Crippen molar-refractivity contribution in [2.24, 2.45) is 5.92 Å². The second-order valence-electron chi connectivity index (χ2n) is 16.3. The third-order valence-corrected chi connectivity index (χ3v) is 11.1. The smallest absolute Gasteiger partial charge is 0.432 e. The number of unbranched alkanes of at least 4 members (excludes halogenated alkanes) is 2. The van der Waals surface area contributed by atoms with Gasteiger partial charge < -0.3 is 28.4 Å². The van der Waals surface area contributed by atoms with E-state index in [0.717, 1.165) is 19.1 Å². The number of allylic oxidation sites excluding steroid dienone is 3.